The quantitative estimate of drug-likeness (QED) is 0.182. The third kappa shape index (κ3) is 4.44. The molecule has 3 heteroatoms. The Morgan fingerprint density at radius 3 is 1.38 bits per heavy atom. The van der Waals surface area contributed by atoms with Gasteiger partial charge in [0.05, 0.1) is 16.8 Å². The minimum Gasteiger partial charge on any atom is -0.454 e. The molecule has 0 N–H and O–H groups in total. The molecule has 1 aromatic heterocycles. The number of aryl methyl sites for hydroxylation is 2. The number of fused-ring (bicyclic) bond motifs is 4. The minimum atomic E-state index is 0.853. The Balaban J connectivity index is 1.59. The molecule has 0 amide bonds. The van der Waals surface area contributed by atoms with E-state index < -0.39 is 0 Å². The fraction of sp³-hybridized carbons (Fsp3) is 0.0476. The van der Waals surface area contributed by atoms with Crippen LogP contribution in [0.15, 0.2) is 162 Å². The van der Waals surface area contributed by atoms with Crippen LogP contribution in [-0.4, -0.2) is 0 Å². The first-order valence-electron chi connectivity index (χ1n) is 15.4. The van der Waals surface area contributed by atoms with Gasteiger partial charge in [-0.2, -0.15) is 0 Å². The maximum absolute atomic E-state index is 6.98. The summed E-state index contributed by atoms with van der Waals surface area (Å²) < 4.78 is 6.98. The Labute approximate surface area is 263 Å². The molecule has 1 heterocycles. The van der Waals surface area contributed by atoms with Gasteiger partial charge < -0.3 is 14.2 Å². The molecule has 0 saturated carbocycles. The fourth-order valence-corrected chi connectivity index (χ4v) is 6.61. The smallest absolute Gasteiger partial charge is 0.162 e. The molecular formula is C42H32N2O. The van der Waals surface area contributed by atoms with Gasteiger partial charge >= 0.3 is 0 Å². The van der Waals surface area contributed by atoms with Crippen LogP contribution in [0.3, 0.4) is 0 Å². The van der Waals surface area contributed by atoms with Crippen molar-refractivity contribution in [1.29, 1.82) is 0 Å². The lowest BCUT2D eigenvalue weighted by Gasteiger charge is -2.32. The maximum Gasteiger partial charge on any atom is 0.162 e. The van der Waals surface area contributed by atoms with Crippen LogP contribution < -0.4 is 9.80 Å². The predicted molar refractivity (Wildman–Crippen MR) is 190 cm³/mol. The van der Waals surface area contributed by atoms with Crippen molar-refractivity contribution in [2.45, 2.75) is 13.8 Å². The summed E-state index contributed by atoms with van der Waals surface area (Å²) in [5.74, 6) is 0. The van der Waals surface area contributed by atoms with E-state index in [0.29, 0.717) is 0 Å². The van der Waals surface area contributed by atoms with E-state index in [1.165, 1.54) is 11.1 Å². The SMILES string of the molecule is Cc1ccccc1N(c1ccccc1)c1c2ccccc2c(N(c2ccccc2)c2ccccc2C)c2c1oc1ccccc12. The van der Waals surface area contributed by atoms with Gasteiger partial charge in [-0.1, -0.05) is 115 Å². The summed E-state index contributed by atoms with van der Waals surface area (Å²) >= 11 is 0. The largest absolute Gasteiger partial charge is 0.454 e. The van der Waals surface area contributed by atoms with E-state index in [-0.39, 0.29) is 0 Å². The number of hydrogen-bond donors (Lipinski definition) is 0. The van der Waals surface area contributed by atoms with Gasteiger partial charge in [0, 0.05) is 38.9 Å². The van der Waals surface area contributed by atoms with Crippen LogP contribution in [0.2, 0.25) is 0 Å². The second-order valence-corrected chi connectivity index (χ2v) is 11.5. The zero-order chi connectivity index (χ0) is 30.3. The molecule has 216 valence electrons. The van der Waals surface area contributed by atoms with Crippen LogP contribution >= 0.6 is 0 Å². The van der Waals surface area contributed by atoms with Crippen molar-refractivity contribution >= 4 is 66.8 Å². The van der Waals surface area contributed by atoms with E-state index >= 15 is 0 Å². The van der Waals surface area contributed by atoms with Crippen molar-refractivity contribution < 1.29 is 4.42 Å². The Kier molecular flexibility index (Phi) is 6.57. The lowest BCUT2D eigenvalue weighted by Crippen LogP contribution is -2.15. The van der Waals surface area contributed by atoms with Crippen LogP contribution in [0.4, 0.5) is 34.1 Å². The third-order valence-electron chi connectivity index (χ3n) is 8.67. The average Bonchev–Trinajstić information content (AvgIpc) is 3.47. The summed E-state index contributed by atoms with van der Waals surface area (Å²) in [6.45, 7) is 4.36. The zero-order valence-electron chi connectivity index (χ0n) is 25.3. The predicted octanol–water partition coefficient (Wildman–Crippen LogP) is 12.3. The van der Waals surface area contributed by atoms with Gasteiger partial charge in [0.25, 0.3) is 0 Å². The molecule has 45 heavy (non-hydrogen) atoms. The summed E-state index contributed by atoms with van der Waals surface area (Å²) in [6, 6.07) is 55.7. The Morgan fingerprint density at radius 2 is 0.822 bits per heavy atom. The van der Waals surface area contributed by atoms with Gasteiger partial charge in [-0.25, -0.2) is 0 Å². The van der Waals surface area contributed by atoms with Crippen molar-refractivity contribution in [1.82, 2.24) is 0 Å². The second kappa shape index (κ2) is 11.0. The number of nitrogens with zero attached hydrogens (tertiary/aromatic N) is 2. The van der Waals surface area contributed by atoms with Gasteiger partial charge in [-0.15, -0.1) is 0 Å². The monoisotopic (exact) mass is 580 g/mol. The molecule has 0 aliphatic rings. The molecule has 0 saturated heterocycles. The summed E-state index contributed by atoms with van der Waals surface area (Å²) in [5.41, 5.74) is 10.6. The highest BCUT2D eigenvalue weighted by Crippen LogP contribution is 2.54. The molecule has 0 aliphatic heterocycles. The van der Waals surface area contributed by atoms with Gasteiger partial charge in [0.1, 0.15) is 5.58 Å². The lowest BCUT2D eigenvalue weighted by molar-refractivity contribution is 0.669. The highest BCUT2D eigenvalue weighted by atomic mass is 16.3. The first-order chi connectivity index (χ1) is 22.2. The van der Waals surface area contributed by atoms with Crippen LogP contribution in [0.25, 0.3) is 32.7 Å². The summed E-state index contributed by atoms with van der Waals surface area (Å²) in [5, 5.41) is 4.43. The summed E-state index contributed by atoms with van der Waals surface area (Å²) in [7, 11) is 0. The molecule has 0 radical (unpaired) electrons. The summed E-state index contributed by atoms with van der Waals surface area (Å²) in [4.78, 5) is 4.78. The van der Waals surface area contributed by atoms with Crippen molar-refractivity contribution in [2.24, 2.45) is 0 Å². The van der Waals surface area contributed by atoms with Crippen LogP contribution in [0, 0.1) is 13.8 Å². The first kappa shape index (κ1) is 26.8. The number of furan rings is 1. The number of hydrogen-bond acceptors (Lipinski definition) is 3. The average molecular weight is 581 g/mol. The van der Waals surface area contributed by atoms with Gasteiger partial charge in [0.15, 0.2) is 5.58 Å². The molecule has 0 bridgehead atoms. The molecule has 3 nitrogen and oxygen atoms in total. The number of para-hydroxylation sites is 5. The van der Waals surface area contributed by atoms with Crippen molar-refractivity contribution in [3.05, 3.63) is 169 Å². The van der Waals surface area contributed by atoms with E-state index in [1.54, 1.807) is 0 Å². The summed E-state index contributed by atoms with van der Waals surface area (Å²) in [6.07, 6.45) is 0. The van der Waals surface area contributed by atoms with E-state index in [2.05, 4.69) is 181 Å². The van der Waals surface area contributed by atoms with E-state index in [4.69, 9.17) is 4.42 Å². The Bertz CT molecular complexity index is 2300. The molecule has 8 rings (SSSR count). The van der Waals surface area contributed by atoms with E-state index in [0.717, 1.165) is 66.8 Å². The van der Waals surface area contributed by atoms with Gasteiger partial charge in [-0.3, -0.25) is 0 Å². The van der Waals surface area contributed by atoms with Crippen molar-refractivity contribution in [3.8, 4) is 0 Å². The molecule has 0 aliphatic carbocycles. The highest BCUT2D eigenvalue weighted by molar-refractivity contribution is 6.28. The van der Waals surface area contributed by atoms with Gasteiger partial charge in [0.2, 0.25) is 0 Å². The number of benzene rings is 7. The minimum absolute atomic E-state index is 0.853. The van der Waals surface area contributed by atoms with Crippen molar-refractivity contribution in [2.75, 3.05) is 9.80 Å². The molecule has 0 fully saturated rings. The van der Waals surface area contributed by atoms with Gasteiger partial charge in [-0.05, 0) is 67.4 Å². The third-order valence-corrected chi connectivity index (χ3v) is 8.67. The lowest BCUT2D eigenvalue weighted by atomic mass is 9.97. The molecule has 0 spiro atoms. The number of rotatable bonds is 6. The Hall–Kier alpha value is -5.80. The zero-order valence-corrected chi connectivity index (χ0v) is 25.3. The van der Waals surface area contributed by atoms with Crippen molar-refractivity contribution in [3.63, 3.8) is 0 Å². The topological polar surface area (TPSA) is 19.6 Å². The normalized spacial score (nSPS) is 11.3. The number of anilines is 6. The molecule has 7 aromatic carbocycles. The second-order valence-electron chi connectivity index (χ2n) is 11.5. The molecular weight excluding hydrogens is 548 g/mol. The Morgan fingerprint density at radius 1 is 0.400 bits per heavy atom. The first-order valence-corrected chi connectivity index (χ1v) is 15.4. The highest BCUT2D eigenvalue weighted by Gasteiger charge is 2.29. The standard InChI is InChI=1S/C42H32N2O/c1-29-17-9-14-26-36(29)43(31-19-5-3-6-20-31)40-33-23-11-12-24-34(33)41(42-39(40)35-25-13-16-28-38(35)45-42)44(32-21-7-4-8-22-32)37-27-15-10-18-30(37)2/h3-28H,1-2H3. The van der Waals surface area contributed by atoms with Crippen LogP contribution in [-0.2, 0) is 0 Å². The van der Waals surface area contributed by atoms with E-state index in [9.17, 15) is 0 Å². The maximum atomic E-state index is 6.98. The molecule has 0 atom stereocenters. The van der Waals surface area contributed by atoms with E-state index in [1.807, 2.05) is 0 Å². The fourth-order valence-electron chi connectivity index (χ4n) is 6.61. The molecule has 0 unspecified atom stereocenters. The van der Waals surface area contributed by atoms with Crippen LogP contribution in [0.1, 0.15) is 11.1 Å². The van der Waals surface area contributed by atoms with Crippen LogP contribution in [0.5, 0.6) is 0 Å². The molecule has 8 aromatic rings.